The summed E-state index contributed by atoms with van der Waals surface area (Å²) in [5, 5.41) is 6.33. The highest BCUT2D eigenvalue weighted by molar-refractivity contribution is 9.10. The number of methoxy groups -OCH3 is 1. The molecule has 34 heavy (non-hydrogen) atoms. The molecule has 1 aliphatic rings. The molecule has 1 aromatic heterocycles. The standard InChI is InChI=1S/C24H25BrClN5O3/c1-14-11-15(7-8-20(14)34-16-9-10-31(2)13-16)28-24-27-12-17(23(30-24)33-3)22(32)29-21-18(25)5-4-6-19(21)26/h4-8,11-12,16H,9-10,13H2,1-3H3,(H,29,32)(H,27,28,30)/t16-/m1/s1. The minimum atomic E-state index is -0.438. The number of para-hydroxylation sites is 1. The topological polar surface area (TPSA) is 88.6 Å². The van der Waals surface area contributed by atoms with Crippen LogP contribution in [0.3, 0.4) is 0 Å². The van der Waals surface area contributed by atoms with Crippen molar-refractivity contribution in [2.24, 2.45) is 0 Å². The largest absolute Gasteiger partial charge is 0.489 e. The van der Waals surface area contributed by atoms with Gasteiger partial charge in [-0.3, -0.25) is 4.79 Å². The molecule has 0 radical (unpaired) electrons. The van der Waals surface area contributed by atoms with E-state index >= 15 is 0 Å². The number of aromatic nitrogens is 2. The smallest absolute Gasteiger partial charge is 0.262 e. The minimum Gasteiger partial charge on any atom is -0.489 e. The number of likely N-dealkylation sites (N-methyl/N-ethyl adjacent to an activating group) is 1. The van der Waals surface area contributed by atoms with E-state index in [0.717, 1.165) is 36.5 Å². The Morgan fingerprint density at radius 2 is 2.12 bits per heavy atom. The first-order chi connectivity index (χ1) is 16.3. The molecule has 0 unspecified atom stereocenters. The van der Waals surface area contributed by atoms with Crippen molar-refractivity contribution in [3.05, 3.63) is 63.2 Å². The van der Waals surface area contributed by atoms with Crippen LogP contribution in [0.1, 0.15) is 22.3 Å². The van der Waals surface area contributed by atoms with Gasteiger partial charge in [0.05, 0.1) is 17.8 Å². The van der Waals surface area contributed by atoms with Crippen molar-refractivity contribution in [1.82, 2.24) is 14.9 Å². The number of nitrogens with one attached hydrogen (secondary N) is 2. The molecular weight excluding hydrogens is 522 g/mol. The van der Waals surface area contributed by atoms with Crippen LogP contribution >= 0.6 is 27.5 Å². The molecule has 1 fully saturated rings. The third-order valence-electron chi connectivity index (χ3n) is 5.47. The SMILES string of the molecule is COc1nc(Nc2ccc(O[C@@H]3CCN(C)C3)c(C)c2)ncc1C(=O)Nc1c(Cl)cccc1Br. The van der Waals surface area contributed by atoms with Crippen molar-refractivity contribution in [3.8, 4) is 11.6 Å². The van der Waals surface area contributed by atoms with Crippen LogP contribution in [-0.2, 0) is 0 Å². The van der Waals surface area contributed by atoms with E-state index in [1.807, 2.05) is 25.1 Å². The average Bonchev–Trinajstić information content (AvgIpc) is 3.22. The predicted octanol–water partition coefficient (Wildman–Crippen LogP) is 5.29. The molecule has 0 spiro atoms. The number of amides is 1. The second-order valence-electron chi connectivity index (χ2n) is 8.06. The fourth-order valence-corrected chi connectivity index (χ4v) is 4.50. The first-order valence-corrected chi connectivity index (χ1v) is 11.9. The highest BCUT2D eigenvalue weighted by Crippen LogP contribution is 2.31. The molecule has 178 valence electrons. The van der Waals surface area contributed by atoms with Crippen LogP contribution in [0, 0.1) is 6.92 Å². The predicted molar refractivity (Wildman–Crippen MR) is 137 cm³/mol. The van der Waals surface area contributed by atoms with E-state index in [4.69, 9.17) is 21.1 Å². The third kappa shape index (κ3) is 5.60. The van der Waals surface area contributed by atoms with Gasteiger partial charge < -0.3 is 25.0 Å². The highest BCUT2D eigenvalue weighted by Gasteiger charge is 2.22. The van der Waals surface area contributed by atoms with E-state index in [1.54, 1.807) is 18.2 Å². The number of halogens is 2. The van der Waals surface area contributed by atoms with Crippen LogP contribution in [0.5, 0.6) is 11.6 Å². The summed E-state index contributed by atoms with van der Waals surface area (Å²) in [4.78, 5) is 23.7. The molecule has 1 aliphatic heterocycles. The Morgan fingerprint density at radius 3 is 2.79 bits per heavy atom. The van der Waals surface area contributed by atoms with Gasteiger partial charge in [0.1, 0.15) is 17.4 Å². The van der Waals surface area contributed by atoms with Crippen LogP contribution in [0.4, 0.5) is 17.3 Å². The zero-order valence-electron chi connectivity index (χ0n) is 19.1. The lowest BCUT2D eigenvalue weighted by Gasteiger charge is -2.16. The van der Waals surface area contributed by atoms with E-state index in [1.165, 1.54) is 13.3 Å². The van der Waals surface area contributed by atoms with Gasteiger partial charge in [-0.05, 0) is 72.2 Å². The maximum Gasteiger partial charge on any atom is 0.262 e. The first-order valence-electron chi connectivity index (χ1n) is 10.7. The van der Waals surface area contributed by atoms with Crippen LogP contribution in [-0.4, -0.2) is 54.1 Å². The number of rotatable bonds is 7. The summed E-state index contributed by atoms with van der Waals surface area (Å²) in [6.07, 6.45) is 2.65. The van der Waals surface area contributed by atoms with Crippen molar-refractivity contribution in [1.29, 1.82) is 0 Å². The van der Waals surface area contributed by atoms with E-state index in [9.17, 15) is 4.79 Å². The van der Waals surface area contributed by atoms with Crippen molar-refractivity contribution < 1.29 is 14.3 Å². The zero-order chi connectivity index (χ0) is 24.2. The number of hydrogen-bond donors (Lipinski definition) is 2. The van der Waals surface area contributed by atoms with Gasteiger partial charge in [-0.2, -0.15) is 4.98 Å². The number of hydrogen-bond acceptors (Lipinski definition) is 7. The number of carbonyl (C=O) groups excluding carboxylic acids is 1. The summed E-state index contributed by atoms with van der Waals surface area (Å²) >= 11 is 9.59. The Balaban J connectivity index is 1.47. The molecule has 2 aromatic carbocycles. The summed E-state index contributed by atoms with van der Waals surface area (Å²) in [6.45, 7) is 3.98. The number of benzene rings is 2. The maximum absolute atomic E-state index is 12.8. The summed E-state index contributed by atoms with van der Waals surface area (Å²) < 4.78 is 12.2. The zero-order valence-corrected chi connectivity index (χ0v) is 21.4. The van der Waals surface area contributed by atoms with Crippen molar-refractivity contribution in [3.63, 3.8) is 0 Å². The number of ether oxygens (including phenoxy) is 2. The van der Waals surface area contributed by atoms with E-state index in [2.05, 4.69) is 48.5 Å². The van der Waals surface area contributed by atoms with Crippen LogP contribution in [0.25, 0.3) is 0 Å². The average molecular weight is 547 g/mol. The number of aryl methyl sites for hydroxylation is 1. The molecule has 1 atom stereocenters. The Morgan fingerprint density at radius 1 is 1.29 bits per heavy atom. The molecule has 4 rings (SSSR count). The third-order valence-corrected chi connectivity index (χ3v) is 6.44. The van der Waals surface area contributed by atoms with Crippen LogP contribution in [0.2, 0.25) is 5.02 Å². The molecule has 0 bridgehead atoms. The van der Waals surface area contributed by atoms with E-state index < -0.39 is 5.91 Å². The normalized spacial score (nSPS) is 15.7. The fraction of sp³-hybridized carbons (Fsp3) is 0.292. The molecule has 0 saturated carbocycles. The number of likely N-dealkylation sites (tertiary alicyclic amines) is 1. The van der Waals surface area contributed by atoms with Gasteiger partial charge in [0.25, 0.3) is 5.91 Å². The fourth-order valence-electron chi connectivity index (χ4n) is 3.69. The molecule has 0 aliphatic carbocycles. The van der Waals surface area contributed by atoms with E-state index in [0.29, 0.717) is 21.1 Å². The molecule has 3 aromatic rings. The molecule has 2 N–H and O–H groups in total. The Bertz CT molecular complexity index is 1190. The first kappa shape index (κ1) is 24.3. The second-order valence-corrected chi connectivity index (χ2v) is 9.32. The van der Waals surface area contributed by atoms with Gasteiger partial charge in [0.2, 0.25) is 11.8 Å². The lowest BCUT2D eigenvalue weighted by Crippen LogP contribution is -2.21. The van der Waals surface area contributed by atoms with Crippen molar-refractivity contribution in [2.75, 3.05) is 37.9 Å². The summed E-state index contributed by atoms with van der Waals surface area (Å²) in [5.74, 6) is 0.868. The minimum absolute atomic E-state index is 0.139. The van der Waals surface area contributed by atoms with Crippen molar-refractivity contribution >= 4 is 50.8 Å². The summed E-state index contributed by atoms with van der Waals surface area (Å²) in [6, 6.07) is 11.1. The van der Waals surface area contributed by atoms with Gasteiger partial charge in [-0.15, -0.1) is 0 Å². The number of carbonyl (C=O) groups is 1. The molecule has 2 heterocycles. The maximum atomic E-state index is 12.8. The Labute approximate surface area is 211 Å². The quantitative estimate of drug-likeness (QED) is 0.416. The van der Waals surface area contributed by atoms with Gasteiger partial charge >= 0.3 is 0 Å². The number of nitrogens with zero attached hydrogens (tertiary/aromatic N) is 3. The monoisotopic (exact) mass is 545 g/mol. The Hall–Kier alpha value is -2.88. The molecular formula is C24H25BrClN5O3. The molecule has 1 saturated heterocycles. The van der Waals surface area contributed by atoms with Crippen LogP contribution in [0.15, 0.2) is 47.1 Å². The highest BCUT2D eigenvalue weighted by atomic mass is 79.9. The van der Waals surface area contributed by atoms with Gasteiger partial charge in [-0.1, -0.05) is 17.7 Å². The lowest BCUT2D eigenvalue weighted by atomic mass is 10.2. The Kier molecular flexibility index (Phi) is 7.55. The van der Waals surface area contributed by atoms with Crippen molar-refractivity contribution in [2.45, 2.75) is 19.4 Å². The van der Waals surface area contributed by atoms with Gasteiger partial charge in [0.15, 0.2) is 0 Å². The second kappa shape index (κ2) is 10.6. The number of anilines is 3. The summed E-state index contributed by atoms with van der Waals surface area (Å²) in [7, 11) is 3.55. The van der Waals surface area contributed by atoms with Gasteiger partial charge in [-0.25, -0.2) is 4.98 Å². The lowest BCUT2D eigenvalue weighted by molar-refractivity contribution is 0.102. The molecule has 8 nitrogen and oxygen atoms in total. The van der Waals surface area contributed by atoms with Gasteiger partial charge in [0, 0.05) is 29.4 Å². The van der Waals surface area contributed by atoms with Crippen LogP contribution < -0.4 is 20.1 Å². The van der Waals surface area contributed by atoms with E-state index in [-0.39, 0.29) is 17.5 Å². The molecule has 1 amide bonds. The molecule has 10 heteroatoms. The summed E-state index contributed by atoms with van der Waals surface area (Å²) in [5.41, 5.74) is 2.45.